The van der Waals surface area contributed by atoms with E-state index in [0.717, 1.165) is 18.5 Å². The summed E-state index contributed by atoms with van der Waals surface area (Å²) in [7, 11) is 0. The van der Waals surface area contributed by atoms with E-state index < -0.39 is 0 Å². The first-order chi connectivity index (χ1) is 12.3. The second-order valence-electron chi connectivity index (χ2n) is 6.65. The third-order valence-electron chi connectivity index (χ3n) is 4.54. The number of unbranched alkanes of at least 4 members (excludes halogenated alkanes) is 1. The molecule has 0 aliphatic heterocycles. The van der Waals surface area contributed by atoms with Crippen LogP contribution in [0.2, 0.25) is 0 Å². The molecule has 132 valence electrons. The second kappa shape index (κ2) is 11.5. The number of hydrogen-bond donors (Lipinski definition) is 0. The van der Waals surface area contributed by atoms with Gasteiger partial charge in [-0.2, -0.15) is 0 Å². The first-order valence-electron chi connectivity index (χ1n) is 9.76. The van der Waals surface area contributed by atoms with Gasteiger partial charge in [-0.3, -0.25) is 4.99 Å². The minimum absolute atomic E-state index is 0.786. The van der Waals surface area contributed by atoms with E-state index >= 15 is 0 Å². The average Bonchev–Trinajstić information content (AvgIpc) is 2.65. The summed E-state index contributed by atoms with van der Waals surface area (Å²) in [4.78, 5) is 4.59. The molecule has 1 aliphatic rings. The first kappa shape index (κ1) is 19.3. The fraction of sp³-hybridized carbons (Fsp3) is 0.458. The third kappa shape index (κ3) is 7.14. The van der Waals surface area contributed by atoms with E-state index in [1.165, 1.54) is 61.7 Å². The molecule has 1 heteroatoms. The van der Waals surface area contributed by atoms with Crippen molar-refractivity contribution in [3.05, 3.63) is 58.7 Å². The number of aryl methyl sites for hydroxylation is 1. The summed E-state index contributed by atoms with van der Waals surface area (Å²) in [5.41, 5.74) is 5.40. The van der Waals surface area contributed by atoms with Crippen LogP contribution >= 0.6 is 0 Å². The van der Waals surface area contributed by atoms with Crippen molar-refractivity contribution < 1.29 is 0 Å². The lowest BCUT2D eigenvalue weighted by Crippen LogP contribution is -1.99. The fourth-order valence-corrected chi connectivity index (χ4v) is 3.09. The number of aliphatic imine (C=N–C) groups is 1. The molecule has 1 aliphatic carbocycles. The Balaban J connectivity index is 1.80. The summed E-state index contributed by atoms with van der Waals surface area (Å²) < 4.78 is 0. The van der Waals surface area contributed by atoms with Crippen molar-refractivity contribution in [1.29, 1.82) is 0 Å². The number of allylic oxidation sites excluding steroid dienone is 4. The van der Waals surface area contributed by atoms with E-state index in [9.17, 15) is 0 Å². The summed E-state index contributed by atoms with van der Waals surface area (Å²) in [6.45, 7) is 5.10. The molecule has 0 N–H and O–H groups in total. The molecule has 1 nitrogen and oxygen atoms in total. The van der Waals surface area contributed by atoms with E-state index in [1.807, 2.05) is 0 Å². The highest BCUT2D eigenvalue weighted by atomic mass is 14.7. The van der Waals surface area contributed by atoms with Gasteiger partial charge in [0.1, 0.15) is 0 Å². The van der Waals surface area contributed by atoms with Gasteiger partial charge in [0.2, 0.25) is 0 Å². The molecular weight excluding hydrogens is 302 g/mol. The number of rotatable bonds is 7. The van der Waals surface area contributed by atoms with Gasteiger partial charge in [0.25, 0.3) is 0 Å². The largest absolute Gasteiger partial charge is 0.292 e. The molecule has 1 aromatic carbocycles. The molecule has 0 heterocycles. The van der Waals surface area contributed by atoms with Crippen molar-refractivity contribution in [2.75, 3.05) is 6.54 Å². The Morgan fingerprint density at radius 1 is 1.08 bits per heavy atom. The highest BCUT2D eigenvalue weighted by molar-refractivity contribution is 5.80. The lowest BCUT2D eigenvalue weighted by atomic mass is 9.92. The Bertz CT molecular complexity index is 662. The van der Waals surface area contributed by atoms with Gasteiger partial charge in [-0.25, -0.2) is 0 Å². The van der Waals surface area contributed by atoms with Crippen LogP contribution in [0.4, 0.5) is 0 Å². The van der Waals surface area contributed by atoms with Gasteiger partial charge >= 0.3 is 0 Å². The normalized spacial score (nSPS) is 15.0. The third-order valence-corrected chi connectivity index (χ3v) is 4.54. The van der Waals surface area contributed by atoms with Gasteiger partial charge in [-0.1, -0.05) is 49.5 Å². The molecule has 0 bridgehead atoms. The molecule has 1 aromatic rings. The maximum atomic E-state index is 4.59. The van der Waals surface area contributed by atoms with Crippen LogP contribution in [0.3, 0.4) is 0 Å². The molecule has 0 saturated heterocycles. The molecule has 2 rings (SSSR count). The minimum Gasteiger partial charge on any atom is -0.292 e. The Kier molecular flexibility index (Phi) is 8.84. The van der Waals surface area contributed by atoms with Crippen LogP contribution in [0.1, 0.15) is 69.9 Å². The van der Waals surface area contributed by atoms with Gasteiger partial charge in [0.05, 0.1) is 0 Å². The minimum atomic E-state index is 0.786. The molecule has 0 aromatic heterocycles. The monoisotopic (exact) mass is 333 g/mol. The summed E-state index contributed by atoms with van der Waals surface area (Å²) >= 11 is 0. The van der Waals surface area contributed by atoms with Gasteiger partial charge in [-0.15, -0.1) is 0 Å². The SMILES string of the molecule is C/C=C\C1=C(/C=N/CCC#Cc2ccc(CCCC)cc2)CCCC1. The zero-order chi connectivity index (χ0) is 17.7. The van der Waals surface area contributed by atoms with E-state index in [-0.39, 0.29) is 0 Å². The maximum absolute atomic E-state index is 4.59. The zero-order valence-electron chi connectivity index (χ0n) is 15.9. The first-order valence-corrected chi connectivity index (χ1v) is 9.76. The van der Waals surface area contributed by atoms with Crippen LogP contribution in [0.15, 0.2) is 52.6 Å². The maximum Gasteiger partial charge on any atom is 0.0499 e. The zero-order valence-corrected chi connectivity index (χ0v) is 15.9. The molecule has 0 fully saturated rings. The lowest BCUT2D eigenvalue weighted by molar-refractivity contribution is 0.700. The van der Waals surface area contributed by atoms with Gasteiger partial charge in [0, 0.05) is 24.7 Å². The molecule has 0 atom stereocenters. The molecule has 0 saturated carbocycles. The Morgan fingerprint density at radius 3 is 2.56 bits per heavy atom. The quantitative estimate of drug-likeness (QED) is 0.316. The standard InChI is InChI=1S/C24H31N/c1-3-5-11-21-15-17-22(18-16-21)12-8-9-19-25-20-24-14-7-6-13-23(24)10-4-2/h4,10,15-18,20H,3,5-7,9,11,13-14,19H2,1-2H3/b10-4-,25-20+. The van der Waals surface area contributed by atoms with E-state index in [4.69, 9.17) is 0 Å². The van der Waals surface area contributed by atoms with Gasteiger partial charge in [0.15, 0.2) is 0 Å². The van der Waals surface area contributed by atoms with Crippen LogP contribution in [0.25, 0.3) is 0 Å². The van der Waals surface area contributed by atoms with Crippen LogP contribution < -0.4 is 0 Å². The second-order valence-corrected chi connectivity index (χ2v) is 6.65. The number of nitrogens with zero attached hydrogens (tertiary/aromatic N) is 1. The van der Waals surface area contributed by atoms with Crippen molar-refractivity contribution in [2.45, 2.75) is 65.2 Å². The summed E-state index contributed by atoms with van der Waals surface area (Å²) in [6.07, 6.45) is 15.9. The Labute approximate surface area is 154 Å². The fourth-order valence-electron chi connectivity index (χ4n) is 3.09. The van der Waals surface area contributed by atoms with E-state index in [1.54, 1.807) is 0 Å². The number of benzene rings is 1. The smallest absolute Gasteiger partial charge is 0.0499 e. The highest BCUT2D eigenvalue weighted by Crippen LogP contribution is 2.24. The summed E-state index contributed by atoms with van der Waals surface area (Å²) in [5.74, 6) is 6.49. The van der Waals surface area contributed by atoms with Gasteiger partial charge < -0.3 is 0 Å². The summed E-state index contributed by atoms with van der Waals surface area (Å²) in [6, 6.07) is 8.68. The van der Waals surface area contributed by atoms with Crippen molar-refractivity contribution in [1.82, 2.24) is 0 Å². The van der Waals surface area contributed by atoms with Gasteiger partial charge in [-0.05, 0) is 74.3 Å². The number of hydrogen-bond acceptors (Lipinski definition) is 1. The van der Waals surface area contributed by atoms with Crippen LogP contribution in [0.5, 0.6) is 0 Å². The molecule has 0 spiro atoms. The predicted octanol–water partition coefficient (Wildman–Crippen LogP) is 6.29. The molecular formula is C24H31N. The molecule has 25 heavy (non-hydrogen) atoms. The van der Waals surface area contributed by atoms with Crippen LogP contribution in [-0.4, -0.2) is 12.8 Å². The van der Waals surface area contributed by atoms with Crippen molar-refractivity contribution >= 4 is 6.21 Å². The molecule has 0 unspecified atom stereocenters. The van der Waals surface area contributed by atoms with E-state index in [0.29, 0.717) is 0 Å². The van der Waals surface area contributed by atoms with E-state index in [2.05, 4.69) is 73.3 Å². The van der Waals surface area contributed by atoms with Crippen molar-refractivity contribution in [2.24, 2.45) is 4.99 Å². The van der Waals surface area contributed by atoms with Crippen molar-refractivity contribution in [3.63, 3.8) is 0 Å². The van der Waals surface area contributed by atoms with Crippen LogP contribution in [-0.2, 0) is 6.42 Å². The Hall–Kier alpha value is -2.07. The molecule has 0 amide bonds. The lowest BCUT2D eigenvalue weighted by Gasteiger charge is -2.14. The predicted molar refractivity (Wildman–Crippen MR) is 110 cm³/mol. The van der Waals surface area contributed by atoms with Crippen LogP contribution in [0, 0.1) is 11.8 Å². The summed E-state index contributed by atoms with van der Waals surface area (Å²) in [5, 5.41) is 0. The topological polar surface area (TPSA) is 12.4 Å². The average molecular weight is 334 g/mol. The molecule has 0 radical (unpaired) electrons. The Morgan fingerprint density at radius 2 is 1.84 bits per heavy atom. The highest BCUT2D eigenvalue weighted by Gasteiger charge is 2.08. The van der Waals surface area contributed by atoms with Crippen molar-refractivity contribution in [3.8, 4) is 11.8 Å².